The average molecular weight is 252 g/mol. The smallest absolute Gasteiger partial charge is 0.237 e. The van der Waals surface area contributed by atoms with Gasteiger partial charge in [0.05, 0.1) is 6.04 Å². The first-order chi connectivity index (χ1) is 8.81. The second kappa shape index (κ2) is 7.13. The van der Waals surface area contributed by atoms with E-state index in [2.05, 4.69) is 17.6 Å². The van der Waals surface area contributed by atoms with E-state index in [9.17, 15) is 4.79 Å². The molecule has 0 aromatic heterocycles. The van der Waals surface area contributed by atoms with Crippen LogP contribution in [0.5, 0.6) is 0 Å². The van der Waals surface area contributed by atoms with Crippen molar-refractivity contribution in [2.24, 2.45) is 5.92 Å². The first-order valence-corrected chi connectivity index (χ1v) is 7.85. The van der Waals surface area contributed by atoms with Crippen LogP contribution in [0, 0.1) is 5.92 Å². The summed E-state index contributed by atoms with van der Waals surface area (Å²) < 4.78 is 0. The van der Waals surface area contributed by atoms with E-state index >= 15 is 0 Å². The summed E-state index contributed by atoms with van der Waals surface area (Å²) in [5.74, 6) is 0.961. The summed E-state index contributed by atoms with van der Waals surface area (Å²) in [6.07, 6.45) is 11.2. The maximum atomic E-state index is 12.2. The van der Waals surface area contributed by atoms with Gasteiger partial charge in [0.1, 0.15) is 0 Å². The standard InChI is InChI=1S/C15H28N2O/c1-2-13(12-8-4-3-5-9-12)17-15(18)14-10-6-7-11-16-14/h12-14,16H,2-11H2,1H3,(H,17,18). The van der Waals surface area contributed by atoms with Crippen LogP contribution in [0.1, 0.15) is 64.7 Å². The first-order valence-electron chi connectivity index (χ1n) is 7.85. The largest absolute Gasteiger partial charge is 0.352 e. The Hall–Kier alpha value is -0.570. The van der Waals surface area contributed by atoms with Gasteiger partial charge in [-0.25, -0.2) is 0 Å². The highest BCUT2D eigenvalue weighted by Gasteiger charge is 2.27. The van der Waals surface area contributed by atoms with Crippen LogP contribution >= 0.6 is 0 Å². The van der Waals surface area contributed by atoms with E-state index in [1.54, 1.807) is 0 Å². The topological polar surface area (TPSA) is 41.1 Å². The lowest BCUT2D eigenvalue weighted by atomic mass is 9.82. The van der Waals surface area contributed by atoms with Gasteiger partial charge in [-0.05, 0) is 44.6 Å². The monoisotopic (exact) mass is 252 g/mol. The second-order valence-electron chi connectivity index (χ2n) is 5.92. The van der Waals surface area contributed by atoms with Crippen LogP contribution in [0.3, 0.4) is 0 Å². The summed E-state index contributed by atoms with van der Waals surface area (Å²) in [5, 5.41) is 6.64. The van der Waals surface area contributed by atoms with Crippen LogP contribution in [0.4, 0.5) is 0 Å². The number of nitrogens with one attached hydrogen (secondary N) is 2. The zero-order valence-corrected chi connectivity index (χ0v) is 11.7. The lowest BCUT2D eigenvalue weighted by molar-refractivity contribution is -0.124. The minimum absolute atomic E-state index is 0.0661. The first kappa shape index (κ1) is 13.9. The Bertz CT molecular complexity index is 255. The molecule has 1 saturated carbocycles. The molecule has 1 heterocycles. The SMILES string of the molecule is CCC(NC(=O)C1CCCCN1)C1CCCCC1. The predicted octanol–water partition coefficient (Wildman–Crippen LogP) is 2.60. The maximum Gasteiger partial charge on any atom is 0.237 e. The summed E-state index contributed by atoms with van der Waals surface area (Å²) in [6.45, 7) is 3.20. The van der Waals surface area contributed by atoms with Crippen LogP contribution in [-0.4, -0.2) is 24.5 Å². The van der Waals surface area contributed by atoms with Gasteiger partial charge in [-0.2, -0.15) is 0 Å². The van der Waals surface area contributed by atoms with E-state index in [0.29, 0.717) is 6.04 Å². The fourth-order valence-corrected chi connectivity index (χ4v) is 3.45. The molecule has 2 aliphatic rings. The number of hydrogen-bond donors (Lipinski definition) is 2. The second-order valence-corrected chi connectivity index (χ2v) is 5.92. The molecule has 1 amide bonds. The van der Waals surface area contributed by atoms with E-state index < -0.39 is 0 Å². The summed E-state index contributed by atoms with van der Waals surface area (Å²) in [6, 6.07) is 0.470. The van der Waals surface area contributed by atoms with Crippen molar-refractivity contribution in [3.63, 3.8) is 0 Å². The zero-order valence-electron chi connectivity index (χ0n) is 11.7. The summed E-state index contributed by atoms with van der Waals surface area (Å²) >= 11 is 0. The van der Waals surface area contributed by atoms with E-state index in [0.717, 1.165) is 25.3 Å². The van der Waals surface area contributed by atoms with Crippen molar-refractivity contribution in [2.75, 3.05) is 6.54 Å². The Kier molecular flexibility index (Phi) is 5.48. The molecule has 0 aromatic carbocycles. The Morgan fingerprint density at radius 1 is 1.17 bits per heavy atom. The highest BCUT2D eigenvalue weighted by Crippen LogP contribution is 2.27. The molecule has 1 aliphatic carbocycles. The lowest BCUT2D eigenvalue weighted by Gasteiger charge is -2.32. The van der Waals surface area contributed by atoms with Crippen molar-refractivity contribution in [3.8, 4) is 0 Å². The molecule has 3 nitrogen and oxygen atoms in total. The maximum absolute atomic E-state index is 12.2. The quantitative estimate of drug-likeness (QED) is 0.807. The van der Waals surface area contributed by atoms with E-state index in [-0.39, 0.29) is 11.9 Å². The molecule has 0 bridgehead atoms. The molecule has 2 rings (SSSR count). The molecule has 1 aliphatic heterocycles. The third-order valence-corrected chi connectivity index (χ3v) is 4.61. The summed E-state index contributed by atoms with van der Waals surface area (Å²) in [7, 11) is 0. The van der Waals surface area contributed by atoms with Gasteiger partial charge < -0.3 is 10.6 Å². The Labute approximate surface area is 111 Å². The van der Waals surface area contributed by atoms with Gasteiger partial charge in [-0.3, -0.25) is 4.79 Å². The number of amides is 1. The van der Waals surface area contributed by atoms with Crippen LogP contribution in [-0.2, 0) is 4.79 Å². The Balaban J connectivity index is 1.82. The van der Waals surface area contributed by atoms with Gasteiger partial charge >= 0.3 is 0 Å². The predicted molar refractivity (Wildman–Crippen MR) is 74.4 cm³/mol. The summed E-state index contributed by atoms with van der Waals surface area (Å²) in [4.78, 5) is 12.2. The van der Waals surface area contributed by atoms with Crippen molar-refractivity contribution in [3.05, 3.63) is 0 Å². The minimum Gasteiger partial charge on any atom is -0.352 e. The van der Waals surface area contributed by atoms with Gasteiger partial charge in [-0.1, -0.05) is 32.6 Å². The molecule has 2 fully saturated rings. The van der Waals surface area contributed by atoms with Crippen LogP contribution in [0.25, 0.3) is 0 Å². The van der Waals surface area contributed by atoms with Gasteiger partial charge in [0.2, 0.25) is 5.91 Å². The van der Waals surface area contributed by atoms with E-state index in [1.807, 2.05) is 0 Å². The molecule has 104 valence electrons. The number of carbonyl (C=O) groups is 1. The molecular formula is C15H28N2O. The third kappa shape index (κ3) is 3.71. The molecular weight excluding hydrogens is 224 g/mol. The van der Waals surface area contributed by atoms with Crippen molar-refractivity contribution in [1.82, 2.24) is 10.6 Å². The normalized spacial score (nSPS) is 27.7. The van der Waals surface area contributed by atoms with Crippen molar-refractivity contribution >= 4 is 5.91 Å². The van der Waals surface area contributed by atoms with Crippen LogP contribution in [0.2, 0.25) is 0 Å². The van der Waals surface area contributed by atoms with Crippen molar-refractivity contribution < 1.29 is 4.79 Å². The van der Waals surface area contributed by atoms with Gasteiger partial charge in [0.25, 0.3) is 0 Å². The Morgan fingerprint density at radius 3 is 2.50 bits per heavy atom. The average Bonchev–Trinajstić information content (AvgIpc) is 2.46. The molecule has 2 unspecified atom stereocenters. The number of piperidine rings is 1. The third-order valence-electron chi connectivity index (χ3n) is 4.61. The number of rotatable bonds is 4. The Morgan fingerprint density at radius 2 is 1.89 bits per heavy atom. The van der Waals surface area contributed by atoms with Gasteiger partial charge in [-0.15, -0.1) is 0 Å². The molecule has 2 N–H and O–H groups in total. The van der Waals surface area contributed by atoms with Gasteiger partial charge in [0, 0.05) is 6.04 Å². The number of carbonyl (C=O) groups excluding carboxylic acids is 1. The highest BCUT2D eigenvalue weighted by atomic mass is 16.2. The fourth-order valence-electron chi connectivity index (χ4n) is 3.45. The van der Waals surface area contributed by atoms with E-state index in [4.69, 9.17) is 0 Å². The zero-order chi connectivity index (χ0) is 12.8. The lowest BCUT2D eigenvalue weighted by Crippen LogP contribution is -2.51. The molecule has 0 radical (unpaired) electrons. The van der Waals surface area contributed by atoms with Crippen LogP contribution in [0.15, 0.2) is 0 Å². The minimum atomic E-state index is 0.0661. The molecule has 1 saturated heterocycles. The van der Waals surface area contributed by atoms with Gasteiger partial charge in [0.15, 0.2) is 0 Å². The molecule has 18 heavy (non-hydrogen) atoms. The molecule has 3 heteroatoms. The summed E-state index contributed by atoms with van der Waals surface area (Å²) in [5.41, 5.74) is 0. The fraction of sp³-hybridized carbons (Fsp3) is 0.933. The molecule has 0 spiro atoms. The number of hydrogen-bond acceptors (Lipinski definition) is 2. The van der Waals surface area contributed by atoms with Crippen molar-refractivity contribution in [1.29, 1.82) is 0 Å². The molecule has 2 atom stereocenters. The van der Waals surface area contributed by atoms with E-state index in [1.165, 1.54) is 44.9 Å². The van der Waals surface area contributed by atoms with Crippen LogP contribution < -0.4 is 10.6 Å². The molecule has 0 aromatic rings. The highest BCUT2D eigenvalue weighted by molar-refractivity contribution is 5.82. The van der Waals surface area contributed by atoms with Crippen molar-refractivity contribution in [2.45, 2.75) is 76.8 Å².